The van der Waals surface area contributed by atoms with Crippen molar-refractivity contribution in [1.82, 2.24) is 14.8 Å². The molecule has 0 aliphatic carbocycles. The molecule has 0 saturated carbocycles. The van der Waals surface area contributed by atoms with E-state index in [-0.39, 0.29) is 17.9 Å². The topological polar surface area (TPSA) is 104 Å². The summed E-state index contributed by atoms with van der Waals surface area (Å²) < 4.78 is 40.0. The molecule has 2 aliphatic heterocycles. The Morgan fingerprint density at radius 3 is 2.28 bits per heavy atom. The standard InChI is InChI=1S/C26H20ClN3O5S/c27-18-5-11-21(12-6-18)35-36(32,33)23-13-22-24(16-3-9-20(31)10-4-16)25(26(23)34-22)17-1-7-19(8-2-17)30-15-28-14-29-30/h1-12,14-15,22-23,26,31H,13H2/t22-,23?,26+/m1/s1. The van der Waals surface area contributed by atoms with Crippen LogP contribution >= 0.6 is 11.6 Å². The quantitative estimate of drug-likeness (QED) is 0.373. The van der Waals surface area contributed by atoms with E-state index < -0.39 is 27.6 Å². The number of hydrogen-bond acceptors (Lipinski definition) is 7. The average molecular weight is 522 g/mol. The number of aromatic nitrogens is 3. The SMILES string of the molecule is O=S(=O)(Oc1ccc(Cl)cc1)C1C[C@H]2O[C@@H]1C(c1ccc(-n3cncn3)cc1)=C2c1ccc(O)cc1. The Bertz CT molecular complexity index is 1530. The van der Waals surface area contributed by atoms with E-state index in [9.17, 15) is 13.5 Å². The maximum Gasteiger partial charge on any atom is 0.315 e. The van der Waals surface area contributed by atoms with Gasteiger partial charge in [-0.15, -0.1) is 0 Å². The predicted octanol–water partition coefficient (Wildman–Crippen LogP) is 4.49. The summed E-state index contributed by atoms with van der Waals surface area (Å²) in [6.07, 6.45) is 2.18. The highest BCUT2D eigenvalue weighted by Crippen LogP contribution is 2.51. The molecule has 6 rings (SSSR count). The first-order valence-electron chi connectivity index (χ1n) is 11.2. The molecule has 36 heavy (non-hydrogen) atoms. The zero-order valence-electron chi connectivity index (χ0n) is 18.7. The van der Waals surface area contributed by atoms with Crippen LogP contribution in [-0.4, -0.2) is 45.7 Å². The summed E-state index contributed by atoms with van der Waals surface area (Å²) in [5, 5.41) is 13.5. The van der Waals surface area contributed by atoms with Crippen LogP contribution in [0.25, 0.3) is 16.8 Å². The molecule has 1 fully saturated rings. The molecule has 1 aromatic heterocycles. The molecule has 182 valence electrons. The fraction of sp³-hybridized carbons (Fsp3) is 0.154. The number of ether oxygens (including phenoxy) is 1. The number of hydrogen-bond donors (Lipinski definition) is 1. The summed E-state index contributed by atoms with van der Waals surface area (Å²) in [6.45, 7) is 0. The molecular formula is C26H20ClN3O5S. The smallest absolute Gasteiger partial charge is 0.315 e. The lowest BCUT2D eigenvalue weighted by Crippen LogP contribution is -2.35. The van der Waals surface area contributed by atoms with Gasteiger partial charge in [-0.25, -0.2) is 9.67 Å². The van der Waals surface area contributed by atoms with Gasteiger partial charge in [-0.1, -0.05) is 35.9 Å². The molecule has 1 N–H and O–H groups in total. The zero-order chi connectivity index (χ0) is 24.9. The van der Waals surface area contributed by atoms with Crippen LogP contribution in [0.3, 0.4) is 0 Å². The van der Waals surface area contributed by atoms with Crippen molar-refractivity contribution in [1.29, 1.82) is 0 Å². The number of rotatable bonds is 6. The minimum Gasteiger partial charge on any atom is -0.508 e. The van der Waals surface area contributed by atoms with Gasteiger partial charge in [0.25, 0.3) is 0 Å². The van der Waals surface area contributed by atoms with Crippen molar-refractivity contribution in [2.45, 2.75) is 23.9 Å². The summed E-state index contributed by atoms with van der Waals surface area (Å²) in [4.78, 5) is 3.98. The van der Waals surface area contributed by atoms with Crippen LogP contribution in [0.15, 0.2) is 85.5 Å². The molecule has 3 heterocycles. The van der Waals surface area contributed by atoms with Gasteiger partial charge in [-0.3, -0.25) is 0 Å². The molecule has 0 amide bonds. The summed E-state index contributed by atoms with van der Waals surface area (Å²) in [5.74, 6) is 0.350. The van der Waals surface area contributed by atoms with Gasteiger partial charge >= 0.3 is 10.1 Å². The van der Waals surface area contributed by atoms with E-state index in [0.29, 0.717) is 5.02 Å². The Labute approximate surface area is 212 Å². The normalized spacial score (nSPS) is 21.2. The fourth-order valence-corrected chi connectivity index (χ4v) is 6.36. The first kappa shape index (κ1) is 22.8. The van der Waals surface area contributed by atoms with Crippen molar-refractivity contribution < 1.29 is 22.4 Å². The Hall–Kier alpha value is -3.66. The molecule has 4 aromatic rings. The highest BCUT2D eigenvalue weighted by Gasteiger charge is 2.53. The zero-order valence-corrected chi connectivity index (χ0v) is 20.3. The van der Waals surface area contributed by atoms with Gasteiger partial charge in [0.2, 0.25) is 0 Å². The maximum atomic E-state index is 13.3. The van der Waals surface area contributed by atoms with Crippen LogP contribution < -0.4 is 4.18 Å². The number of benzene rings is 3. The number of phenols is 1. The second kappa shape index (κ2) is 8.77. The summed E-state index contributed by atoms with van der Waals surface area (Å²) in [5.41, 5.74) is 4.22. The first-order chi connectivity index (χ1) is 17.4. The molecule has 2 aliphatic rings. The number of fused-ring (bicyclic) bond motifs is 2. The van der Waals surface area contributed by atoms with Gasteiger partial charge in [-0.2, -0.15) is 13.5 Å². The van der Waals surface area contributed by atoms with Crippen LogP contribution in [0.2, 0.25) is 5.02 Å². The molecule has 3 aromatic carbocycles. The Morgan fingerprint density at radius 1 is 0.944 bits per heavy atom. The molecule has 0 radical (unpaired) electrons. The van der Waals surface area contributed by atoms with Crippen LogP contribution in [-0.2, 0) is 14.9 Å². The van der Waals surface area contributed by atoms with E-state index in [1.54, 1.807) is 35.3 Å². The molecule has 3 atom stereocenters. The molecule has 0 spiro atoms. The van der Waals surface area contributed by atoms with Crippen LogP contribution in [0, 0.1) is 0 Å². The Kier molecular flexibility index (Phi) is 5.55. The van der Waals surface area contributed by atoms with Crippen LogP contribution in [0.5, 0.6) is 11.5 Å². The summed E-state index contributed by atoms with van der Waals surface area (Å²) in [6, 6.07) is 20.7. The van der Waals surface area contributed by atoms with Crippen LogP contribution in [0.4, 0.5) is 0 Å². The average Bonchev–Trinajstić information content (AvgIpc) is 3.63. The molecule has 1 saturated heterocycles. The lowest BCUT2D eigenvalue weighted by atomic mass is 9.83. The lowest BCUT2D eigenvalue weighted by Gasteiger charge is -2.24. The third-order valence-corrected chi connectivity index (χ3v) is 8.29. The van der Waals surface area contributed by atoms with Crippen molar-refractivity contribution >= 4 is 32.9 Å². The fourth-order valence-electron chi connectivity index (χ4n) is 4.81. The summed E-state index contributed by atoms with van der Waals surface area (Å²) in [7, 11) is -4.02. The number of phenolic OH excluding ortho intramolecular Hbond substituents is 1. The second-order valence-electron chi connectivity index (χ2n) is 8.61. The van der Waals surface area contributed by atoms with Crippen molar-refractivity contribution in [3.8, 4) is 17.2 Å². The van der Waals surface area contributed by atoms with Gasteiger partial charge in [0, 0.05) is 11.4 Å². The van der Waals surface area contributed by atoms with E-state index in [1.807, 2.05) is 36.4 Å². The summed E-state index contributed by atoms with van der Waals surface area (Å²) >= 11 is 5.92. The van der Waals surface area contributed by atoms with Gasteiger partial charge < -0.3 is 14.0 Å². The largest absolute Gasteiger partial charge is 0.508 e. The highest BCUT2D eigenvalue weighted by molar-refractivity contribution is 7.87. The van der Waals surface area contributed by atoms with Gasteiger partial charge in [0.1, 0.15) is 35.5 Å². The highest BCUT2D eigenvalue weighted by atomic mass is 35.5. The van der Waals surface area contributed by atoms with Gasteiger partial charge in [-0.05, 0) is 70.8 Å². The van der Waals surface area contributed by atoms with Crippen molar-refractivity contribution in [3.63, 3.8) is 0 Å². The van der Waals surface area contributed by atoms with E-state index in [1.165, 1.54) is 18.5 Å². The third-order valence-electron chi connectivity index (χ3n) is 6.43. The van der Waals surface area contributed by atoms with Crippen LogP contribution in [0.1, 0.15) is 17.5 Å². The third kappa shape index (κ3) is 4.05. The lowest BCUT2D eigenvalue weighted by molar-refractivity contribution is 0.128. The van der Waals surface area contributed by atoms with E-state index in [2.05, 4.69) is 10.1 Å². The maximum absolute atomic E-state index is 13.3. The molecule has 10 heteroatoms. The van der Waals surface area contributed by atoms with Crippen molar-refractivity contribution in [3.05, 3.63) is 102 Å². The Morgan fingerprint density at radius 2 is 1.61 bits per heavy atom. The molecular weight excluding hydrogens is 502 g/mol. The van der Waals surface area contributed by atoms with Gasteiger partial charge in [0.05, 0.1) is 11.8 Å². The first-order valence-corrected chi connectivity index (χ1v) is 13.1. The Balaban J connectivity index is 1.40. The van der Waals surface area contributed by atoms with Crippen molar-refractivity contribution in [2.75, 3.05) is 0 Å². The minimum atomic E-state index is -4.02. The minimum absolute atomic E-state index is 0.152. The van der Waals surface area contributed by atoms with Gasteiger partial charge in [0.15, 0.2) is 0 Å². The molecule has 2 bridgehead atoms. The second-order valence-corrected chi connectivity index (χ2v) is 10.8. The molecule has 1 unspecified atom stereocenters. The van der Waals surface area contributed by atoms with Crippen molar-refractivity contribution in [2.24, 2.45) is 0 Å². The number of nitrogens with zero attached hydrogens (tertiary/aromatic N) is 3. The van der Waals surface area contributed by atoms with E-state index in [0.717, 1.165) is 28.0 Å². The molecule has 8 nitrogen and oxygen atoms in total. The van der Waals surface area contributed by atoms with E-state index in [4.69, 9.17) is 20.5 Å². The van der Waals surface area contributed by atoms with E-state index >= 15 is 0 Å². The number of halogens is 1. The monoisotopic (exact) mass is 521 g/mol. The predicted molar refractivity (Wildman–Crippen MR) is 134 cm³/mol. The number of aromatic hydroxyl groups is 1.